The third-order valence-corrected chi connectivity index (χ3v) is 9.54. The normalized spacial score (nSPS) is 13.9. The number of phosphoric ester groups is 1. The van der Waals surface area contributed by atoms with Crippen LogP contribution in [0.25, 0.3) is 0 Å². The Kier molecular flexibility index (Phi) is 37.9. The van der Waals surface area contributed by atoms with Gasteiger partial charge in [0.1, 0.15) is 6.10 Å². The fourth-order valence-corrected chi connectivity index (χ4v) is 6.30. The second kappa shape index (κ2) is 38.9. The van der Waals surface area contributed by atoms with Crippen LogP contribution in [0.15, 0.2) is 36.5 Å². The highest BCUT2D eigenvalue weighted by Gasteiger charge is 2.25. The predicted molar refractivity (Wildman–Crippen MR) is 210 cm³/mol. The summed E-state index contributed by atoms with van der Waals surface area (Å²) in [5.41, 5.74) is 5.34. The van der Waals surface area contributed by atoms with E-state index < -0.39 is 13.9 Å². The average Bonchev–Trinajstić information content (AvgIpc) is 3.10. The summed E-state index contributed by atoms with van der Waals surface area (Å²) >= 11 is 0. The lowest BCUT2D eigenvalue weighted by molar-refractivity contribution is -0.154. The van der Waals surface area contributed by atoms with E-state index in [1.807, 2.05) is 0 Å². The fraction of sp³-hybridized carbons (Fsp3) is 0.829. The molecule has 0 spiro atoms. The molecule has 3 N–H and O–H groups in total. The van der Waals surface area contributed by atoms with E-state index in [1.165, 1.54) is 116 Å². The van der Waals surface area contributed by atoms with Gasteiger partial charge in [-0.2, -0.15) is 0 Å². The van der Waals surface area contributed by atoms with Gasteiger partial charge in [-0.25, -0.2) is 4.57 Å². The van der Waals surface area contributed by atoms with Crippen LogP contribution in [-0.4, -0.2) is 49.9 Å². The Labute approximate surface area is 308 Å². The second-order valence-corrected chi connectivity index (χ2v) is 15.0. The smallest absolute Gasteiger partial charge is 0.457 e. The largest absolute Gasteiger partial charge is 0.472 e. The molecular formula is C41H78NO7P. The Balaban J connectivity index is 3.86. The zero-order chi connectivity index (χ0) is 36.6. The van der Waals surface area contributed by atoms with Gasteiger partial charge in [-0.15, -0.1) is 0 Å². The first-order valence-electron chi connectivity index (χ1n) is 20.5. The lowest BCUT2D eigenvalue weighted by Gasteiger charge is -2.20. The first-order chi connectivity index (χ1) is 24.4. The van der Waals surface area contributed by atoms with Gasteiger partial charge in [0.25, 0.3) is 0 Å². The maximum atomic E-state index is 12.5. The molecule has 0 saturated heterocycles. The van der Waals surface area contributed by atoms with Crippen molar-refractivity contribution in [2.24, 2.45) is 5.73 Å². The maximum absolute atomic E-state index is 12.5. The van der Waals surface area contributed by atoms with Crippen LogP contribution in [0.5, 0.6) is 0 Å². The minimum atomic E-state index is -4.26. The highest BCUT2D eigenvalue weighted by molar-refractivity contribution is 7.47. The van der Waals surface area contributed by atoms with Crippen LogP contribution >= 0.6 is 7.82 Å². The van der Waals surface area contributed by atoms with E-state index in [1.54, 1.807) is 0 Å². The number of ether oxygens (including phenoxy) is 2. The van der Waals surface area contributed by atoms with Gasteiger partial charge in [-0.3, -0.25) is 13.8 Å². The SMILES string of the molecule is CCCCCCC/C=C\C/C=C\C/C=C\CCCCCCCCCCCCC(=O)OC(COCCCCCCCC)COP(=O)(O)OCCN. The van der Waals surface area contributed by atoms with Gasteiger partial charge in [-0.1, -0.05) is 159 Å². The van der Waals surface area contributed by atoms with Gasteiger partial charge in [0.15, 0.2) is 0 Å². The Morgan fingerprint density at radius 1 is 0.600 bits per heavy atom. The minimum Gasteiger partial charge on any atom is -0.457 e. The van der Waals surface area contributed by atoms with Crippen molar-refractivity contribution in [3.05, 3.63) is 36.5 Å². The molecule has 0 bridgehead atoms. The molecule has 2 unspecified atom stereocenters. The molecule has 0 radical (unpaired) electrons. The molecule has 9 heteroatoms. The molecule has 0 aromatic rings. The van der Waals surface area contributed by atoms with E-state index in [9.17, 15) is 14.3 Å². The number of carbonyl (C=O) groups excluding carboxylic acids is 1. The summed E-state index contributed by atoms with van der Waals surface area (Å²) in [6.45, 7) is 4.85. The predicted octanol–water partition coefficient (Wildman–Crippen LogP) is 11.9. The van der Waals surface area contributed by atoms with Gasteiger partial charge >= 0.3 is 13.8 Å². The Hall–Kier alpha value is -1.28. The minimum absolute atomic E-state index is 0.0961. The van der Waals surface area contributed by atoms with Crippen molar-refractivity contribution in [1.82, 2.24) is 0 Å². The summed E-state index contributed by atoms with van der Waals surface area (Å²) in [4.78, 5) is 22.3. The van der Waals surface area contributed by atoms with Gasteiger partial charge in [0, 0.05) is 19.6 Å². The van der Waals surface area contributed by atoms with E-state index >= 15 is 0 Å². The number of rotatable bonds is 39. The Morgan fingerprint density at radius 3 is 1.58 bits per heavy atom. The van der Waals surface area contributed by atoms with Gasteiger partial charge < -0.3 is 20.1 Å². The third-order valence-electron chi connectivity index (χ3n) is 8.56. The van der Waals surface area contributed by atoms with Crippen LogP contribution in [-0.2, 0) is 27.9 Å². The zero-order valence-corrected chi connectivity index (χ0v) is 33.3. The van der Waals surface area contributed by atoms with Crippen molar-refractivity contribution in [2.75, 3.05) is 33.0 Å². The Morgan fingerprint density at radius 2 is 1.06 bits per heavy atom. The van der Waals surface area contributed by atoms with E-state index in [4.69, 9.17) is 24.3 Å². The van der Waals surface area contributed by atoms with Crippen LogP contribution in [0.1, 0.15) is 181 Å². The molecular weight excluding hydrogens is 649 g/mol. The van der Waals surface area contributed by atoms with Crippen molar-refractivity contribution < 1.29 is 32.8 Å². The second-order valence-electron chi connectivity index (χ2n) is 13.5. The number of hydrogen-bond acceptors (Lipinski definition) is 7. The third kappa shape index (κ3) is 38.0. The summed E-state index contributed by atoms with van der Waals surface area (Å²) in [5, 5.41) is 0. The summed E-state index contributed by atoms with van der Waals surface area (Å²) in [5.74, 6) is -0.338. The topological polar surface area (TPSA) is 117 Å². The number of unbranched alkanes of at least 4 members (excludes halogenated alkanes) is 20. The maximum Gasteiger partial charge on any atom is 0.472 e. The van der Waals surface area contributed by atoms with Crippen molar-refractivity contribution in [3.8, 4) is 0 Å². The molecule has 294 valence electrons. The molecule has 0 amide bonds. The molecule has 2 atom stereocenters. The van der Waals surface area contributed by atoms with E-state index in [0.717, 1.165) is 44.9 Å². The molecule has 50 heavy (non-hydrogen) atoms. The molecule has 8 nitrogen and oxygen atoms in total. The van der Waals surface area contributed by atoms with E-state index in [0.29, 0.717) is 13.0 Å². The van der Waals surface area contributed by atoms with E-state index in [2.05, 4.69) is 50.3 Å². The number of carbonyl (C=O) groups is 1. The number of phosphoric acid groups is 1. The summed E-state index contributed by atoms with van der Waals surface area (Å²) in [7, 11) is -4.26. The summed E-state index contributed by atoms with van der Waals surface area (Å²) in [6, 6.07) is 0. The van der Waals surface area contributed by atoms with Crippen molar-refractivity contribution in [3.63, 3.8) is 0 Å². The molecule has 0 aromatic carbocycles. The number of allylic oxidation sites excluding steroid dienone is 6. The van der Waals surface area contributed by atoms with Gasteiger partial charge in [0.05, 0.1) is 19.8 Å². The van der Waals surface area contributed by atoms with Gasteiger partial charge in [-0.05, 0) is 51.4 Å². The van der Waals surface area contributed by atoms with Crippen molar-refractivity contribution in [1.29, 1.82) is 0 Å². The first-order valence-corrected chi connectivity index (χ1v) is 22.0. The summed E-state index contributed by atoms with van der Waals surface area (Å²) < 4.78 is 33.1. The zero-order valence-electron chi connectivity index (χ0n) is 32.4. The molecule has 0 fully saturated rings. The van der Waals surface area contributed by atoms with Crippen molar-refractivity contribution in [2.45, 2.75) is 187 Å². The molecule has 0 rings (SSSR count). The highest BCUT2D eigenvalue weighted by Crippen LogP contribution is 2.43. The quantitative estimate of drug-likeness (QED) is 0.0278. The van der Waals surface area contributed by atoms with Crippen molar-refractivity contribution >= 4 is 13.8 Å². The Bertz CT molecular complexity index is 864. The lowest BCUT2D eigenvalue weighted by Crippen LogP contribution is -2.28. The average molecular weight is 728 g/mol. The molecule has 0 aliphatic heterocycles. The van der Waals surface area contributed by atoms with Crippen LogP contribution in [0.2, 0.25) is 0 Å². The number of nitrogens with two attached hydrogens (primary N) is 1. The molecule has 0 saturated carbocycles. The number of hydrogen-bond donors (Lipinski definition) is 2. The fourth-order valence-electron chi connectivity index (χ4n) is 5.53. The lowest BCUT2D eigenvalue weighted by atomic mass is 10.0. The van der Waals surface area contributed by atoms with Crippen LogP contribution in [0, 0.1) is 0 Å². The molecule has 0 aliphatic carbocycles. The van der Waals surface area contributed by atoms with Crippen LogP contribution < -0.4 is 5.73 Å². The first kappa shape index (κ1) is 48.7. The van der Waals surface area contributed by atoms with Crippen LogP contribution in [0.4, 0.5) is 0 Å². The van der Waals surface area contributed by atoms with Gasteiger partial charge in [0.2, 0.25) is 0 Å². The molecule has 0 aromatic heterocycles. The molecule has 0 aliphatic rings. The highest BCUT2D eigenvalue weighted by atomic mass is 31.2. The van der Waals surface area contributed by atoms with Crippen LogP contribution in [0.3, 0.4) is 0 Å². The monoisotopic (exact) mass is 728 g/mol. The summed E-state index contributed by atoms with van der Waals surface area (Å²) in [6.07, 6.45) is 43.3. The molecule has 0 heterocycles. The standard InChI is InChI=1S/C41H78NO7P/c1-3-5-7-9-11-12-13-14-15-16-17-18-19-20-21-22-23-24-25-26-27-28-29-30-32-34-41(43)49-40(39-48-50(44,45)47-37-35-42)38-46-36-33-31-10-8-6-4-2/h13-14,16-17,19-20,40H,3-12,15,18,21-39,42H2,1-2H3,(H,44,45)/b14-13-,17-16-,20-19-. The number of esters is 1. The van der Waals surface area contributed by atoms with E-state index in [-0.39, 0.29) is 32.3 Å².